The number of allylic oxidation sites excluding steroid dienone is 1. The van der Waals surface area contributed by atoms with Crippen molar-refractivity contribution in [2.45, 2.75) is 11.2 Å². The van der Waals surface area contributed by atoms with E-state index in [0.717, 1.165) is 18.4 Å². The summed E-state index contributed by atoms with van der Waals surface area (Å²) in [5.41, 5.74) is 0.273. The summed E-state index contributed by atoms with van der Waals surface area (Å²) in [6.45, 7) is 0. The van der Waals surface area contributed by atoms with E-state index in [-0.39, 0.29) is 15.5 Å². The van der Waals surface area contributed by atoms with Crippen LogP contribution in [0.15, 0.2) is 52.4 Å². The molecule has 2 rings (SSSR count). The number of amides is 1. The maximum absolute atomic E-state index is 14.4. The van der Waals surface area contributed by atoms with Crippen LogP contribution in [0.1, 0.15) is 10.4 Å². The summed E-state index contributed by atoms with van der Waals surface area (Å²) in [6.07, 6.45) is 2.78. The van der Waals surface area contributed by atoms with Crippen molar-refractivity contribution in [2.24, 2.45) is 0 Å². The van der Waals surface area contributed by atoms with Gasteiger partial charge in [-0.15, -0.1) is 0 Å². The summed E-state index contributed by atoms with van der Waals surface area (Å²) in [7, 11) is -3.67. The Balaban J connectivity index is 2.37. The molecule has 0 aliphatic heterocycles. The van der Waals surface area contributed by atoms with Gasteiger partial charge in [0.25, 0.3) is 5.91 Å². The second kappa shape index (κ2) is 6.02. The van der Waals surface area contributed by atoms with Crippen molar-refractivity contribution >= 4 is 38.9 Å². The highest BCUT2D eigenvalue weighted by atomic mass is 35.5. The number of alkyl halides is 2. The van der Waals surface area contributed by atoms with Crippen molar-refractivity contribution in [1.82, 2.24) is 5.32 Å². The van der Waals surface area contributed by atoms with Gasteiger partial charge in [-0.25, -0.2) is 12.8 Å². The smallest absolute Gasteiger partial charge is 0.251 e. The molecule has 1 aromatic carbocycles. The van der Waals surface area contributed by atoms with Crippen LogP contribution in [0.5, 0.6) is 0 Å². The highest BCUT2D eigenvalue weighted by Gasteiger charge is 2.43. The molecule has 1 N–H and O–H groups in total. The molecule has 1 aliphatic rings. The summed E-state index contributed by atoms with van der Waals surface area (Å²) in [6, 6.07) is 6.54. The number of nitrogens with one attached hydrogen (secondary N) is 1. The molecular formula is C14H12Cl2FNO3S. The van der Waals surface area contributed by atoms with Crippen LogP contribution < -0.4 is 5.32 Å². The molecule has 0 fully saturated rings. The predicted octanol–water partition coefficient (Wildman–Crippen LogP) is 2.75. The Labute approximate surface area is 137 Å². The molecule has 0 radical (unpaired) electrons. The normalized spacial score (nSPS) is 25.2. The van der Waals surface area contributed by atoms with Crippen LogP contribution >= 0.6 is 23.2 Å². The standard InChI is InChI=1S/C14H12Cl2FNO3S/c1-22(20,21)10-7-8-14(16,17)12(11(10)15)18-13(19)9-5-3-2-4-6-9/h2-8,12H,1H3,(H,18,19). The summed E-state index contributed by atoms with van der Waals surface area (Å²) < 4.78 is 37.6. The van der Waals surface area contributed by atoms with Crippen LogP contribution in [0, 0.1) is 0 Å². The molecule has 118 valence electrons. The maximum atomic E-state index is 14.4. The average Bonchev–Trinajstić information content (AvgIpc) is 2.42. The lowest BCUT2D eigenvalue weighted by molar-refractivity contribution is 0.0922. The molecule has 0 aromatic heterocycles. The van der Waals surface area contributed by atoms with E-state index < -0.39 is 26.9 Å². The third-order valence-corrected chi connectivity index (χ3v) is 5.07. The fraction of sp³-hybridized carbons (Fsp3) is 0.214. The Bertz CT molecular complexity index is 758. The van der Waals surface area contributed by atoms with E-state index in [4.69, 9.17) is 23.2 Å². The third kappa shape index (κ3) is 3.51. The third-order valence-electron chi connectivity index (χ3n) is 3.04. The number of carbonyl (C=O) groups is 1. The van der Waals surface area contributed by atoms with E-state index in [1.165, 1.54) is 12.1 Å². The highest BCUT2D eigenvalue weighted by Crippen LogP contribution is 2.37. The number of benzene rings is 1. The lowest BCUT2D eigenvalue weighted by Gasteiger charge is -2.30. The fourth-order valence-corrected chi connectivity index (χ4v) is 3.70. The van der Waals surface area contributed by atoms with Crippen molar-refractivity contribution in [3.8, 4) is 0 Å². The Morgan fingerprint density at radius 3 is 2.45 bits per heavy atom. The van der Waals surface area contributed by atoms with Crippen molar-refractivity contribution in [3.05, 3.63) is 58.0 Å². The quantitative estimate of drug-likeness (QED) is 0.839. The average molecular weight is 364 g/mol. The van der Waals surface area contributed by atoms with Gasteiger partial charge in [-0.3, -0.25) is 4.79 Å². The monoisotopic (exact) mass is 363 g/mol. The summed E-state index contributed by atoms with van der Waals surface area (Å²) in [4.78, 5) is 11.8. The van der Waals surface area contributed by atoms with Gasteiger partial charge in [-0.2, -0.15) is 0 Å². The Kier molecular flexibility index (Phi) is 4.65. The predicted molar refractivity (Wildman–Crippen MR) is 84.3 cm³/mol. The molecule has 4 nitrogen and oxygen atoms in total. The number of hydrogen-bond donors (Lipinski definition) is 1. The van der Waals surface area contributed by atoms with Gasteiger partial charge < -0.3 is 5.32 Å². The van der Waals surface area contributed by atoms with Crippen LogP contribution in [0.3, 0.4) is 0 Å². The van der Waals surface area contributed by atoms with Crippen LogP contribution in [-0.4, -0.2) is 31.8 Å². The minimum absolute atomic E-state index is 0.273. The second-order valence-electron chi connectivity index (χ2n) is 4.76. The van der Waals surface area contributed by atoms with Gasteiger partial charge in [0.15, 0.2) is 9.84 Å². The van der Waals surface area contributed by atoms with Crippen LogP contribution in [0.4, 0.5) is 4.39 Å². The summed E-state index contributed by atoms with van der Waals surface area (Å²) >= 11 is 11.7. The SMILES string of the molecule is CS(=O)(=O)C1=C(Cl)C(NC(=O)c2ccccc2)C(F)(Cl)C=C1. The Morgan fingerprint density at radius 1 is 1.32 bits per heavy atom. The van der Waals surface area contributed by atoms with E-state index in [9.17, 15) is 17.6 Å². The Hall–Kier alpha value is -1.37. The second-order valence-corrected chi connectivity index (χ2v) is 7.74. The number of sulfone groups is 1. The number of carbonyl (C=O) groups excluding carboxylic acids is 1. The number of halogens is 3. The maximum Gasteiger partial charge on any atom is 0.251 e. The molecule has 1 aliphatic carbocycles. The van der Waals surface area contributed by atoms with Crippen molar-refractivity contribution in [3.63, 3.8) is 0 Å². The molecule has 2 unspecified atom stereocenters. The van der Waals surface area contributed by atoms with Crippen molar-refractivity contribution in [2.75, 3.05) is 6.26 Å². The first-order valence-corrected chi connectivity index (χ1v) is 8.80. The van der Waals surface area contributed by atoms with Gasteiger partial charge in [0.1, 0.15) is 6.04 Å². The number of rotatable bonds is 3. The molecular weight excluding hydrogens is 352 g/mol. The van der Waals surface area contributed by atoms with Gasteiger partial charge in [-0.1, -0.05) is 41.4 Å². The summed E-state index contributed by atoms with van der Waals surface area (Å²) in [5.74, 6) is -0.616. The van der Waals surface area contributed by atoms with Crippen molar-refractivity contribution < 1.29 is 17.6 Å². The fourth-order valence-electron chi connectivity index (χ4n) is 1.94. The van der Waals surface area contributed by atoms with E-state index >= 15 is 0 Å². The van der Waals surface area contributed by atoms with E-state index in [1.807, 2.05) is 0 Å². The minimum atomic E-state index is -3.67. The van der Waals surface area contributed by atoms with E-state index in [0.29, 0.717) is 0 Å². The lowest BCUT2D eigenvalue weighted by atomic mass is 10.0. The molecule has 8 heteroatoms. The lowest BCUT2D eigenvalue weighted by Crippen LogP contribution is -2.48. The first-order chi connectivity index (χ1) is 10.1. The largest absolute Gasteiger partial charge is 0.339 e. The van der Waals surface area contributed by atoms with Gasteiger partial charge in [0.2, 0.25) is 5.13 Å². The zero-order chi connectivity index (χ0) is 16.5. The molecule has 2 atom stereocenters. The van der Waals surface area contributed by atoms with Crippen molar-refractivity contribution in [1.29, 1.82) is 0 Å². The first kappa shape index (κ1) is 17.0. The van der Waals surface area contributed by atoms with Gasteiger partial charge in [0.05, 0.1) is 9.94 Å². The van der Waals surface area contributed by atoms with Crippen LogP contribution in [-0.2, 0) is 9.84 Å². The molecule has 0 spiro atoms. The first-order valence-electron chi connectivity index (χ1n) is 6.15. The minimum Gasteiger partial charge on any atom is -0.339 e. The molecule has 0 saturated heterocycles. The molecule has 1 aromatic rings. The van der Waals surface area contributed by atoms with Crippen LogP contribution in [0.2, 0.25) is 0 Å². The number of hydrogen-bond acceptors (Lipinski definition) is 3. The zero-order valence-electron chi connectivity index (χ0n) is 11.4. The molecule has 22 heavy (non-hydrogen) atoms. The van der Waals surface area contributed by atoms with Crippen LogP contribution in [0.25, 0.3) is 0 Å². The van der Waals surface area contributed by atoms with Gasteiger partial charge in [-0.05, 0) is 24.3 Å². The Morgan fingerprint density at radius 2 is 1.91 bits per heavy atom. The van der Waals surface area contributed by atoms with E-state index in [2.05, 4.69) is 5.32 Å². The molecule has 0 heterocycles. The summed E-state index contributed by atoms with van der Waals surface area (Å²) in [5, 5.41) is -0.561. The molecule has 0 bridgehead atoms. The topological polar surface area (TPSA) is 63.2 Å². The van der Waals surface area contributed by atoms with Gasteiger partial charge in [0, 0.05) is 11.8 Å². The molecule has 0 saturated carbocycles. The highest BCUT2D eigenvalue weighted by molar-refractivity contribution is 7.94. The van der Waals surface area contributed by atoms with E-state index in [1.54, 1.807) is 18.2 Å². The van der Waals surface area contributed by atoms with Gasteiger partial charge >= 0.3 is 0 Å². The molecule has 1 amide bonds. The zero-order valence-corrected chi connectivity index (χ0v) is 13.7.